The Balaban J connectivity index is 2.03. The van der Waals surface area contributed by atoms with Crippen LogP contribution in [0.15, 0.2) is 29.4 Å². The molecular weight excluding hydrogens is 301 g/mol. The molecule has 0 bridgehead atoms. The van der Waals surface area contributed by atoms with Crippen molar-refractivity contribution >= 4 is 12.1 Å². The van der Waals surface area contributed by atoms with E-state index in [4.69, 9.17) is 4.84 Å². The highest BCUT2D eigenvalue weighted by Crippen LogP contribution is 2.26. The van der Waals surface area contributed by atoms with Gasteiger partial charge in [-0.3, -0.25) is 4.79 Å². The Morgan fingerprint density at radius 2 is 2.09 bits per heavy atom. The molecule has 1 heterocycles. The van der Waals surface area contributed by atoms with Gasteiger partial charge in [-0.25, -0.2) is 4.39 Å². The average molecular weight is 316 g/mol. The van der Waals surface area contributed by atoms with E-state index in [9.17, 15) is 23.1 Å². The van der Waals surface area contributed by atoms with Gasteiger partial charge in [-0.15, -0.1) is 0 Å². The number of aliphatic hydroxyl groups is 1. The minimum absolute atomic E-state index is 0.207. The highest BCUT2D eigenvalue weighted by Gasteiger charge is 2.26. The van der Waals surface area contributed by atoms with Crippen molar-refractivity contribution in [3.8, 4) is 0 Å². The summed E-state index contributed by atoms with van der Waals surface area (Å²) in [5, 5.41) is 15.4. The smallest absolute Gasteiger partial charge is 0.315 e. The van der Waals surface area contributed by atoms with Gasteiger partial charge in [-0.05, 0) is 11.1 Å². The lowest BCUT2D eigenvalue weighted by Crippen LogP contribution is -2.43. The zero-order valence-corrected chi connectivity index (χ0v) is 11.5. The van der Waals surface area contributed by atoms with Crippen LogP contribution in [-0.4, -0.2) is 36.4 Å². The van der Waals surface area contributed by atoms with Gasteiger partial charge >= 0.3 is 6.43 Å². The molecule has 1 aromatic carbocycles. The molecule has 2 rings (SSSR count). The maximum absolute atomic E-state index is 12.9. The van der Waals surface area contributed by atoms with Crippen LogP contribution < -0.4 is 5.32 Å². The number of aliphatic hydroxyl groups excluding tert-OH is 1. The first-order chi connectivity index (χ1) is 10.5. The summed E-state index contributed by atoms with van der Waals surface area (Å²) in [7, 11) is 0. The number of amides is 1. The molecule has 0 aliphatic carbocycles. The third kappa shape index (κ3) is 3.76. The molecule has 1 aliphatic heterocycles. The number of carbonyl (C=O) groups is 1. The number of benzene rings is 1. The fourth-order valence-electron chi connectivity index (χ4n) is 2.08. The average Bonchev–Trinajstić information content (AvgIpc) is 3.06. The van der Waals surface area contributed by atoms with Crippen LogP contribution in [-0.2, 0) is 9.63 Å². The Bertz CT molecular complexity index is 529. The Labute approximate surface area is 124 Å². The Hall–Kier alpha value is -2.09. The van der Waals surface area contributed by atoms with E-state index >= 15 is 0 Å². The molecule has 0 fully saturated rings. The van der Waals surface area contributed by atoms with Gasteiger partial charge in [-0.2, -0.15) is 8.78 Å². The van der Waals surface area contributed by atoms with E-state index in [-0.39, 0.29) is 6.10 Å². The normalized spacial score (nSPS) is 19.8. The number of rotatable bonds is 6. The van der Waals surface area contributed by atoms with Crippen LogP contribution >= 0.6 is 0 Å². The lowest BCUT2D eigenvalue weighted by Gasteiger charge is -2.22. The van der Waals surface area contributed by atoms with Crippen molar-refractivity contribution in [2.75, 3.05) is 6.67 Å². The molecule has 1 unspecified atom stereocenters. The van der Waals surface area contributed by atoms with E-state index < -0.39 is 31.2 Å². The predicted molar refractivity (Wildman–Crippen MR) is 72.2 cm³/mol. The molecule has 120 valence electrons. The molecule has 0 aromatic heterocycles. The molecule has 2 N–H and O–H groups in total. The molecule has 22 heavy (non-hydrogen) atoms. The Morgan fingerprint density at radius 1 is 1.41 bits per heavy atom. The molecule has 1 amide bonds. The Kier molecular flexibility index (Phi) is 5.37. The van der Waals surface area contributed by atoms with Crippen molar-refractivity contribution in [3.63, 3.8) is 0 Å². The van der Waals surface area contributed by atoms with Crippen LogP contribution in [0.25, 0.3) is 0 Å². The van der Waals surface area contributed by atoms with Crippen LogP contribution in [0.4, 0.5) is 13.2 Å². The fourth-order valence-corrected chi connectivity index (χ4v) is 2.08. The number of nitrogens with one attached hydrogen (secondary N) is 1. The van der Waals surface area contributed by atoms with Crippen LogP contribution in [0.3, 0.4) is 0 Å². The van der Waals surface area contributed by atoms with E-state index in [1.165, 1.54) is 12.1 Å². The van der Waals surface area contributed by atoms with E-state index in [2.05, 4.69) is 5.16 Å². The van der Waals surface area contributed by atoms with Crippen molar-refractivity contribution in [1.29, 1.82) is 0 Å². The predicted octanol–water partition coefficient (Wildman–Crippen LogP) is 1.89. The second-order valence-electron chi connectivity index (χ2n) is 4.80. The van der Waals surface area contributed by atoms with Gasteiger partial charge in [0.2, 0.25) is 0 Å². The summed E-state index contributed by atoms with van der Waals surface area (Å²) >= 11 is 0. The van der Waals surface area contributed by atoms with Gasteiger partial charge in [0.05, 0.1) is 6.04 Å². The van der Waals surface area contributed by atoms with Gasteiger partial charge in [0.25, 0.3) is 5.91 Å². The molecule has 0 saturated heterocycles. The van der Waals surface area contributed by atoms with E-state index in [1.807, 2.05) is 0 Å². The Morgan fingerprint density at radius 3 is 2.59 bits per heavy atom. The van der Waals surface area contributed by atoms with Crippen LogP contribution in [0.5, 0.6) is 0 Å². The molecular formula is C14H15F3N2O3. The lowest BCUT2D eigenvalue weighted by atomic mass is 9.99. The van der Waals surface area contributed by atoms with E-state index in [1.54, 1.807) is 23.7 Å². The number of hydrogen-bond acceptors (Lipinski definition) is 4. The monoisotopic (exact) mass is 316 g/mol. The molecule has 1 aliphatic rings. The van der Waals surface area contributed by atoms with Crippen molar-refractivity contribution < 1.29 is 27.9 Å². The zero-order chi connectivity index (χ0) is 16.1. The molecule has 0 saturated carbocycles. The minimum Gasteiger partial charge on any atom is -0.388 e. The van der Waals surface area contributed by atoms with Gasteiger partial charge in [0, 0.05) is 12.6 Å². The van der Waals surface area contributed by atoms with Gasteiger partial charge in [0.1, 0.15) is 12.8 Å². The summed E-state index contributed by atoms with van der Waals surface area (Å²) in [6.45, 7) is -1.17. The summed E-state index contributed by atoms with van der Waals surface area (Å²) in [5.41, 5.74) is 1.13. The summed E-state index contributed by atoms with van der Waals surface area (Å²) < 4.78 is 37.2. The first-order valence-electron chi connectivity index (χ1n) is 6.63. The number of halogens is 3. The van der Waals surface area contributed by atoms with E-state index in [0.717, 1.165) is 5.56 Å². The molecule has 5 nitrogen and oxygen atoms in total. The van der Waals surface area contributed by atoms with Crippen molar-refractivity contribution in [2.24, 2.45) is 5.16 Å². The molecule has 0 spiro atoms. The van der Waals surface area contributed by atoms with Gasteiger partial charge in [-0.1, -0.05) is 29.4 Å². The quantitative estimate of drug-likeness (QED) is 0.842. The standard InChI is InChI=1S/C14H15F3N2O3/c15-7-10(19-14(21)13(16)17)12(20)9-3-1-8(2-4-9)11-5-6-18-22-11/h1-4,6,10-13,20H,5,7H2,(H,19,21)/t10-,11?,12-/m1/s1. The fraction of sp³-hybridized carbons (Fsp3) is 0.429. The third-order valence-corrected chi connectivity index (χ3v) is 3.31. The molecule has 1 aromatic rings. The minimum atomic E-state index is -3.26. The maximum Gasteiger partial charge on any atom is 0.315 e. The first-order valence-corrected chi connectivity index (χ1v) is 6.63. The van der Waals surface area contributed by atoms with Crippen molar-refractivity contribution in [2.45, 2.75) is 31.1 Å². The molecule has 0 radical (unpaired) electrons. The largest absolute Gasteiger partial charge is 0.388 e. The zero-order valence-electron chi connectivity index (χ0n) is 11.5. The summed E-state index contributed by atoms with van der Waals surface area (Å²) in [6.07, 6.45) is -2.64. The highest BCUT2D eigenvalue weighted by molar-refractivity contribution is 5.79. The second-order valence-corrected chi connectivity index (χ2v) is 4.80. The topological polar surface area (TPSA) is 70.9 Å². The first kappa shape index (κ1) is 16.3. The number of hydrogen-bond donors (Lipinski definition) is 2. The highest BCUT2D eigenvalue weighted by atomic mass is 19.3. The summed E-state index contributed by atoms with van der Waals surface area (Å²) in [6, 6.07) is 4.96. The third-order valence-electron chi connectivity index (χ3n) is 3.31. The van der Waals surface area contributed by atoms with Crippen molar-refractivity contribution in [1.82, 2.24) is 5.32 Å². The number of nitrogens with zero attached hydrogens (tertiary/aromatic N) is 1. The lowest BCUT2D eigenvalue weighted by molar-refractivity contribution is -0.133. The molecule has 3 atom stereocenters. The number of oxime groups is 1. The van der Waals surface area contributed by atoms with Crippen LogP contribution in [0, 0.1) is 0 Å². The van der Waals surface area contributed by atoms with Gasteiger partial charge in [0.15, 0.2) is 6.10 Å². The van der Waals surface area contributed by atoms with Gasteiger partial charge < -0.3 is 15.3 Å². The number of carbonyl (C=O) groups excluding carboxylic acids is 1. The maximum atomic E-state index is 12.9. The van der Waals surface area contributed by atoms with Crippen LogP contribution in [0.1, 0.15) is 29.8 Å². The summed E-state index contributed by atoms with van der Waals surface area (Å²) in [4.78, 5) is 16.0. The van der Waals surface area contributed by atoms with E-state index in [0.29, 0.717) is 12.0 Å². The second kappa shape index (κ2) is 7.26. The number of alkyl halides is 3. The molecule has 8 heteroatoms. The SMILES string of the molecule is O=C(N[C@H](CF)[C@H](O)c1ccc(C2CC=NO2)cc1)C(F)F. The summed E-state index contributed by atoms with van der Waals surface area (Å²) in [5.74, 6) is -1.62. The van der Waals surface area contributed by atoms with Crippen molar-refractivity contribution in [3.05, 3.63) is 35.4 Å². The van der Waals surface area contributed by atoms with Crippen LogP contribution in [0.2, 0.25) is 0 Å².